The number of aliphatic imine (C=N–C) groups is 1. The number of guanidine groups is 1. The minimum atomic E-state index is -0.0967. The average Bonchev–Trinajstić information content (AvgIpc) is 2.79. The Hall–Kier alpha value is -3.06. The third-order valence-corrected chi connectivity index (χ3v) is 5.48. The van der Waals surface area contributed by atoms with Crippen molar-refractivity contribution in [1.29, 1.82) is 0 Å². The van der Waals surface area contributed by atoms with Gasteiger partial charge < -0.3 is 20.4 Å². The second-order valence-electron chi connectivity index (χ2n) is 7.37. The summed E-state index contributed by atoms with van der Waals surface area (Å²) in [4.78, 5) is 32.6. The molecule has 1 heterocycles. The van der Waals surface area contributed by atoms with Crippen molar-refractivity contribution in [1.82, 2.24) is 20.4 Å². The predicted octanol–water partition coefficient (Wildman–Crippen LogP) is 2.16. The quantitative estimate of drug-likeness (QED) is 0.532. The fraction of sp³-hybridized carbons (Fsp3) is 0.348. The lowest BCUT2D eigenvalue weighted by atomic mass is 10.1. The second kappa shape index (κ2) is 10.8. The maximum absolute atomic E-state index is 12.7. The Balaban J connectivity index is 1.50. The summed E-state index contributed by atoms with van der Waals surface area (Å²) >= 11 is 5.94. The highest BCUT2D eigenvalue weighted by Crippen LogP contribution is 2.14. The Kier molecular flexibility index (Phi) is 7.89. The van der Waals surface area contributed by atoms with E-state index in [1.807, 2.05) is 52.3 Å². The van der Waals surface area contributed by atoms with Gasteiger partial charge in [-0.2, -0.15) is 0 Å². The maximum Gasteiger partial charge on any atom is 0.251 e. The molecular weight excluding hydrogens is 414 g/mol. The van der Waals surface area contributed by atoms with Crippen molar-refractivity contribution >= 4 is 29.4 Å². The number of rotatable bonds is 6. The van der Waals surface area contributed by atoms with Gasteiger partial charge in [0, 0.05) is 50.9 Å². The molecule has 164 valence electrons. The van der Waals surface area contributed by atoms with Crippen LogP contribution in [0.2, 0.25) is 5.02 Å². The highest BCUT2D eigenvalue weighted by atomic mass is 35.5. The Morgan fingerprint density at radius 3 is 2.58 bits per heavy atom. The first kappa shape index (κ1) is 22.6. The Labute approximate surface area is 188 Å². The minimum absolute atomic E-state index is 0.0717. The molecule has 1 fully saturated rings. The SMILES string of the molecule is CN=C(NCCc1cccc(C(=O)NC)c1)N1CCN(Cc2ccc(Cl)cc2)C(=O)C1. The monoisotopic (exact) mass is 441 g/mol. The van der Waals surface area contributed by atoms with Crippen LogP contribution in [-0.2, 0) is 17.8 Å². The summed E-state index contributed by atoms with van der Waals surface area (Å²) in [6, 6.07) is 15.1. The molecule has 0 radical (unpaired) electrons. The molecule has 0 atom stereocenters. The lowest BCUT2D eigenvalue weighted by Crippen LogP contribution is -2.55. The summed E-state index contributed by atoms with van der Waals surface area (Å²) in [6.45, 7) is 2.88. The van der Waals surface area contributed by atoms with Gasteiger partial charge in [-0.3, -0.25) is 14.6 Å². The van der Waals surface area contributed by atoms with Crippen LogP contribution in [-0.4, -0.2) is 67.8 Å². The van der Waals surface area contributed by atoms with Crippen molar-refractivity contribution in [2.45, 2.75) is 13.0 Å². The number of nitrogens with one attached hydrogen (secondary N) is 2. The number of hydrogen-bond acceptors (Lipinski definition) is 3. The standard InChI is InChI=1S/C23H28ClN5O2/c1-25-22(31)19-5-3-4-17(14-19)10-11-27-23(26-2)29-13-12-28(21(30)16-29)15-18-6-8-20(24)9-7-18/h3-9,14H,10-13,15-16H2,1-2H3,(H,25,31)(H,26,27). The number of piperazine rings is 1. The van der Waals surface area contributed by atoms with Crippen molar-refractivity contribution in [2.75, 3.05) is 40.3 Å². The third kappa shape index (κ3) is 6.21. The van der Waals surface area contributed by atoms with Gasteiger partial charge in [0.2, 0.25) is 5.91 Å². The van der Waals surface area contributed by atoms with Crippen LogP contribution in [0.15, 0.2) is 53.5 Å². The topological polar surface area (TPSA) is 77.0 Å². The second-order valence-corrected chi connectivity index (χ2v) is 7.80. The van der Waals surface area contributed by atoms with Gasteiger partial charge in [-0.1, -0.05) is 35.9 Å². The molecular formula is C23H28ClN5O2. The molecule has 0 bridgehead atoms. The van der Waals surface area contributed by atoms with Crippen LogP contribution in [0.5, 0.6) is 0 Å². The van der Waals surface area contributed by atoms with Gasteiger partial charge in [0.25, 0.3) is 5.91 Å². The number of carbonyl (C=O) groups is 2. The molecule has 7 nitrogen and oxygen atoms in total. The summed E-state index contributed by atoms with van der Waals surface area (Å²) in [7, 11) is 3.34. The van der Waals surface area contributed by atoms with Crippen LogP contribution in [0.1, 0.15) is 21.5 Å². The fourth-order valence-corrected chi connectivity index (χ4v) is 3.66. The van der Waals surface area contributed by atoms with E-state index in [9.17, 15) is 9.59 Å². The summed E-state index contributed by atoms with van der Waals surface area (Å²) in [5, 5.41) is 6.66. The molecule has 0 unspecified atom stereocenters. The van der Waals surface area contributed by atoms with Crippen molar-refractivity contribution < 1.29 is 9.59 Å². The summed E-state index contributed by atoms with van der Waals surface area (Å²) < 4.78 is 0. The first-order valence-electron chi connectivity index (χ1n) is 10.3. The van der Waals surface area contributed by atoms with Crippen molar-refractivity contribution in [3.05, 3.63) is 70.2 Å². The van der Waals surface area contributed by atoms with Crippen LogP contribution in [0.4, 0.5) is 0 Å². The van der Waals surface area contributed by atoms with E-state index in [1.165, 1.54) is 0 Å². The molecule has 0 saturated carbocycles. The van der Waals surface area contributed by atoms with Gasteiger partial charge >= 0.3 is 0 Å². The van der Waals surface area contributed by atoms with E-state index < -0.39 is 0 Å². The van der Waals surface area contributed by atoms with Gasteiger partial charge in [-0.25, -0.2) is 0 Å². The summed E-state index contributed by atoms with van der Waals surface area (Å²) in [6.07, 6.45) is 0.744. The van der Waals surface area contributed by atoms with E-state index >= 15 is 0 Å². The maximum atomic E-state index is 12.7. The molecule has 1 saturated heterocycles. The molecule has 1 aliphatic heterocycles. The lowest BCUT2D eigenvalue weighted by Gasteiger charge is -2.36. The zero-order chi connectivity index (χ0) is 22.2. The van der Waals surface area contributed by atoms with E-state index in [0.29, 0.717) is 49.3 Å². The summed E-state index contributed by atoms with van der Waals surface area (Å²) in [5.74, 6) is 0.685. The number of hydrogen-bond donors (Lipinski definition) is 2. The zero-order valence-corrected chi connectivity index (χ0v) is 18.7. The average molecular weight is 442 g/mol. The molecule has 8 heteroatoms. The van der Waals surface area contributed by atoms with Crippen molar-refractivity contribution in [2.24, 2.45) is 4.99 Å². The summed E-state index contributed by atoms with van der Waals surface area (Å²) in [5.41, 5.74) is 2.77. The number of benzene rings is 2. The van der Waals surface area contributed by atoms with Gasteiger partial charge in [0.1, 0.15) is 0 Å². The smallest absolute Gasteiger partial charge is 0.251 e. The Morgan fingerprint density at radius 1 is 1.13 bits per heavy atom. The molecule has 0 aliphatic carbocycles. The van der Waals surface area contributed by atoms with E-state index in [0.717, 1.165) is 17.5 Å². The molecule has 1 aliphatic rings. The first-order valence-corrected chi connectivity index (χ1v) is 10.7. The highest BCUT2D eigenvalue weighted by Gasteiger charge is 2.25. The van der Waals surface area contributed by atoms with E-state index in [2.05, 4.69) is 15.6 Å². The molecule has 31 heavy (non-hydrogen) atoms. The van der Waals surface area contributed by atoms with E-state index in [4.69, 9.17) is 11.6 Å². The van der Waals surface area contributed by atoms with Gasteiger partial charge in [0.05, 0.1) is 6.54 Å². The number of amides is 2. The largest absolute Gasteiger partial charge is 0.356 e. The van der Waals surface area contributed by atoms with Gasteiger partial charge in [0.15, 0.2) is 5.96 Å². The van der Waals surface area contributed by atoms with E-state index in [1.54, 1.807) is 20.2 Å². The Morgan fingerprint density at radius 2 is 1.90 bits per heavy atom. The van der Waals surface area contributed by atoms with Crippen molar-refractivity contribution in [3.8, 4) is 0 Å². The third-order valence-electron chi connectivity index (χ3n) is 5.23. The molecule has 2 amide bonds. The van der Waals surface area contributed by atoms with E-state index in [-0.39, 0.29) is 11.8 Å². The molecule has 2 aromatic carbocycles. The van der Waals surface area contributed by atoms with Gasteiger partial charge in [-0.05, 0) is 41.8 Å². The van der Waals surface area contributed by atoms with Crippen LogP contribution in [0.3, 0.4) is 0 Å². The molecule has 2 aromatic rings. The zero-order valence-electron chi connectivity index (χ0n) is 17.9. The van der Waals surface area contributed by atoms with Crippen LogP contribution < -0.4 is 10.6 Å². The number of halogens is 1. The number of carbonyl (C=O) groups excluding carboxylic acids is 2. The molecule has 2 N–H and O–H groups in total. The minimum Gasteiger partial charge on any atom is -0.356 e. The highest BCUT2D eigenvalue weighted by molar-refractivity contribution is 6.30. The van der Waals surface area contributed by atoms with Gasteiger partial charge in [-0.15, -0.1) is 0 Å². The predicted molar refractivity (Wildman–Crippen MR) is 123 cm³/mol. The Bertz CT molecular complexity index is 945. The van der Waals surface area contributed by atoms with Crippen LogP contribution >= 0.6 is 11.6 Å². The molecule has 0 spiro atoms. The first-order chi connectivity index (χ1) is 15.0. The van der Waals surface area contributed by atoms with Crippen LogP contribution in [0, 0.1) is 0 Å². The molecule has 3 rings (SSSR count). The molecule has 0 aromatic heterocycles. The van der Waals surface area contributed by atoms with Crippen molar-refractivity contribution in [3.63, 3.8) is 0 Å². The lowest BCUT2D eigenvalue weighted by molar-refractivity contribution is -0.135. The number of nitrogens with zero attached hydrogens (tertiary/aromatic N) is 3. The normalized spacial score (nSPS) is 14.5. The van der Waals surface area contributed by atoms with Crippen LogP contribution in [0.25, 0.3) is 0 Å². The fourth-order valence-electron chi connectivity index (χ4n) is 3.53.